The summed E-state index contributed by atoms with van der Waals surface area (Å²) in [6, 6.07) is -0.758. The van der Waals surface area contributed by atoms with Crippen LogP contribution in [0.15, 0.2) is 33.8 Å². The summed E-state index contributed by atoms with van der Waals surface area (Å²) in [5, 5.41) is 12.8. The molecule has 158 valence electrons. The van der Waals surface area contributed by atoms with Gasteiger partial charge in [0.05, 0.1) is 0 Å². The zero-order valence-corrected chi connectivity index (χ0v) is 17.1. The van der Waals surface area contributed by atoms with Gasteiger partial charge in [0, 0.05) is 18.7 Å². The van der Waals surface area contributed by atoms with Crippen molar-refractivity contribution < 1.29 is 13.7 Å². The first-order chi connectivity index (χ1) is 14.5. The highest BCUT2D eigenvalue weighted by atomic mass is 19.1. The van der Waals surface area contributed by atoms with Gasteiger partial charge in [0.15, 0.2) is 11.5 Å². The Morgan fingerprint density at radius 3 is 2.97 bits per heavy atom. The van der Waals surface area contributed by atoms with E-state index in [0.717, 1.165) is 12.8 Å². The first kappa shape index (κ1) is 19.3. The van der Waals surface area contributed by atoms with E-state index < -0.39 is 11.7 Å². The lowest BCUT2D eigenvalue weighted by Crippen LogP contribution is -2.34. The highest BCUT2D eigenvalue weighted by Gasteiger charge is 2.41. The van der Waals surface area contributed by atoms with Crippen molar-refractivity contribution in [3.8, 4) is 11.6 Å². The second kappa shape index (κ2) is 7.54. The van der Waals surface area contributed by atoms with Gasteiger partial charge in [-0.05, 0) is 38.7 Å². The van der Waals surface area contributed by atoms with E-state index in [9.17, 15) is 0 Å². The van der Waals surface area contributed by atoms with Crippen LogP contribution in [0.2, 0.25) is 0 Å². The summed E-state index contributed by atoms with van der Waals surface area (Å²) < 4.78 is 28.5. The molecule has 1 saturated heterocycles. The summed E-state index contributed by atoms with van der Waals surface area (Å²) in [5.74, 6) is 0.922. The molecule has 3 aliphatic rings. The van der Waals surface area contributed by atoms with Gasteiger partial charge in [0.1, 0.15) is 29.6 Å². The molecule has 2 aliphatic heterocycles. The van der Waals surface area contributed by atoms with Gasteiger partial charge in [-0.1, -0.05) is 35.5 Å². The molecule has 5 unspecified atom stereocenters. The molecule has 1 fully saturated rings. The van der Waals surface area contributed by atoms with Crippen molar-refractivity contribution in [2.75, 3.05) is 6.61 Å². The van der Waals surface area contributed by atoms with Crippen LogP contribution in [0.4, 0.5) is 4.39 Å². The zero-order valence-electron chi connectivity index (χ0n) is 17.1. The summed E-state index contributed by atoms with van der Waals surface area (Å²) in [4.78, 5) is 9.04. The van der Waals surface area contributed by atoms with E-state index in [1.807, 2.05) is 18.2 Å². The minimum Gasteiger partial charge on any atom is -0.372 e. The third kappa shape index (κ3) is 3.30. The zero-order chi connectivity index (χ0) is 20.7. The van der Waals surface area contributed by atoms with Crippen LogP contribution in [0, 0.1) is 5.92 Å². The predicted octanol–water partition coefficient (Wildman–Crippen LogP) is 4.12. The Bertz CT molecular complexity index is 1000. The standard InChI is InChI=1S/C21H25FN6O2/c1-13-7-5-11-23-16(13)19-24-20(30-26-19)17-18(14-8-6-12-29-14)28(27-25-17)15-9-3-4-10-21(15,2)22/h3,5,7,9,11,13-16H,4,6,8,10,12H2,1-2H3. The van der Waals surface area contributed by atoms with Crippen LogP contribution in [0.5, 0.6) is 0 Å². The SMILES string of the molecule is CC1C=CC=NC1c1noc(-c2nnn(C3C=CCCC3(C)F)c2C2CCCO2)n1. The average Bonchev–Trinajstić information content (AvgIpc) is 3.47. The molecule has 0 N–H and O–H groups in total. The number of aliphatic imine (C=N–C) groups is 1. The summed E-state index contributed by atoms with van der Waals surface area (Å²) >= 11 is 0. The number of dihydropyridines is 1. The second-order valence-corrected chi connectivity index (χ2v) is 8.40. The lowest BCUT2D eigenvalue weighted by atomic mass is 9.88. The average molecular weight is 412 g/mol. The molecular formula is C21H25FN6O2. The van der Waals surface area contributed by atoms with Crippen molar-refractivity contribution in [1.29, 1.82) is 0 Å². The van der Waals surface area contributed by atoms with E-state index in [2.05, 4.69) is 38.4 Å². The Morgan fingerprint density at radius 1 is 1.30 bits per heavy atom. The molecule has 1 aliphatic carbocycles. The molecule has 2 aromatic heterocycles. The van der Waals surface area contributed by atoms with Gasteiger partial charge in [-0.25, -0.2) is 9.07 Å². The van der Waals surface area contributed by atoms with Crippen molar-refractivity contribution in [1.82, 2.24) is 25.1 Å². The Hall–Kier alpha value is -2.68. The molecule has 0 bridgehead atoms. The molecule has 30 heavy (non-hydrogen) atoms. The third-order valence-electron chi connectivity index (χ3n) is 6.12. The molecule has 0 aromatic carbocycles. The molecule has 2 aromatic rings. The smallest absolute Gasteiger partial charge is 0.280 e. The number of nitrogens with zero attached hydrogens (tertiary/aromatic N) is 6. The van der Waals surface area contributed by atoms with Crippen molar-refractivity contribution in [3.63, 3.8) is 0 Å². The maximum absolute atomic E-state index is 15.3. The molecule has 0 spiro atoms. The number of hydrogen-bond donors (Lipinski definition) is 0. The minimum absolute atomic E-state index is 0.161. The van der Waals surface area contributed by atoms with E-state index in [4.69, 9.17) is 9.26 Å². The highest BCUT2D eigenvalue weighted by Crippen LogP contribution is 2.41. The minimum atomic E-state index is -1.42. The molecule has 0 saturated carbocycles. The molecule has 9 heteroatoms. The van der Waals surface area contributed by atoms with Gasteiger partial charge in [0.25, 0.3) is 5.89 Å². The van der Waals surface area contributed by atoms with E-state index in [0.29, 0.717) is 36.7 Å². The normalized spacial score (nSPS) is 33.4. The Balaban J connectivity index is 1.55. The lowest BCUT2D eigenvalue weighted by Gasteiger charge is -2.32. The molecule has 4 heterocycles. The van der Waals surface area contributed by atoms with Crippen LogP contribution in [0.3, 0.4) is 0 Å². The summed E-state index contributed by atoms with van der Waals surface area (Å²) in [6.45, 7) is 4.32. The fourth-order valence-electron chi connectivity index (χ4n) is 4.39. The van der Waals surface area contributed by atoms with Crippen LogP contribution in [0.1, 0.15) is 69.2 Å². The second-order valence-electron chi connectivity index (χ2n) is 8.40. The van der Waals surface area contributed by atoms with Crippen LogP contribution in [-0.2, 0) is 4.74 Å². The third-order valence-corrected chi connectivity index (χ3v) is 6.12. The predicted molar refractivity (Wildman–Crippen MR) is 108 cm³/mol. The largest absolute Gasteiger partial charge is 0.372 e. The van der Waals surface area contributed by atoms with Crippen molar-refractivity contribution in [3.05, 3.63) is 35.8 Å². The number of hydrogen-bond acceptors (Lipinski definition) is 7. The first-order valence-electron chi connectivity index (χ1n) is 10.5. The molecule has 0 amide bonds. The van der Waals surface area contributed by atoms with E-state index >= 15 is 4.39 Å². The molecule has 8 nitrogen and oxygen atoms in total. The molecular weight excluding hydrogens is 387 g/mol. The molecule has 5 atom stereocenters. The summed E-state index contributed by atoms with van der Waals surface area (Å²) in [6.07, 6.45) is 12.2. The molecule has 0 radical (unpaired) electrons. The van der Waals surface area contributed by atoms with Crippen molar-refractivity contribution in [2.24, 2.45) is 10.9 Å². The van der Waals surface area contributed by atoms with Gasteiger partial charge in [-0.2, -0.15) is 4.98 Å². The van der Waals surface area contributed by atoms with Gasteiger partial charge in [-0.15, -0.1) is 5.10 Å². The quantitative estimate of drug-likeness (QED) is 0.702. The van der Waals surface area contributed by atoms with E-state index in [1.165, 1.54) is 0 Å². The fourth-order valence-corrected chi connectivity index (χ4v) is 4.39. The van der Waals surface area contributed by atoms with E-state index in [-0.39, 0.29) is 24.0 Å². The van der Waals surface area contributed by atoms with Gasteiger partial charge in [-0.3, -0.25) is 4.99 Å². The number of halogens is 1. The van der Waals surface area contributed by atoms with Crippen molar-refractivity contribution in [2.45, 2.75) is 63.4 Å². The van der Waals surface area contributed by atoms with Crippen LogP contribution >= 0.6 is 0 Å². The van der Waals surface area contributed by atoms with Crippen molar-refractivity contribution >= 4 is 6.21 Å². The van der Waals surface area contributed by atoms with Crippen LogP contribution in [0.25, 0.3) is 11.6 Å². The lowest BCUT2D eigenvalue weighted by molar-refractivity contribution is 0.0814. The van der Waals surface area contributed by atoms with Gasteiger partial charge < -0.3 is 9.26 Å². The number of ether oxygens (including phenoxy) is 1. The maximum atomic E-state index is 15.3. The number of rotatable bonds is 4. The van der Waals surface area contributed by atoms with Crippen LogP contribution in [-0.4, -0.2) is 43.6 Å². The summed E-state index contributed by atoms with van der Waals surface area (Å²) in [5.41, 5.74) is -0.271. The fraction of sp³-hybridized carbons (Fsp3) is 0.571. The highest BCUT2D eigenvalue weighted by molar-refractivity contribution is 5.72. The number of allylic oxidation sites excluding steroid dienone is 3. The monoisotopic (exact) mass is 412 g/mol. The topological polar surface area (TPSA) is 91.2 Å². The number of alkyl halides is 1. The van der Waals surface area contributed by atoms with Gasteiger partial charge in [0.2, 0.25) is 0 Å². The van der Waals surface area contributed by atoms with Crippen LogP contribution < -0.4 is 0 Å². The Kier molecular flexibility index (Phi) is 4.85. The Morgan fingerprint density at radius 2 is 2.20 bits per heavy atom. The maximum Gasteiger partial charge on any atom is 0.280 e. The summed E-state index contributed by atoms with van der Waals surface area (Å²) in [7, 11) is 0. The first-order valence-corrected chi connectivity index (χ1v) is 10.5. The number of aromatic nitrogens is 5. The Labute approximate surface area is 173 Å². The van der Waals surface area contributed by atoms with Gasteiger partial charge >= 0.3 is 0 Å². The van der Waals surface area contributed by atoms with E-state index in [1.54, 1.807) is 17.8 Å². The molecule has 5 rings (SSSR count).